The van der Waals surface area contributed by atoms with Crippen LogP contribution in [0.25, 0.3) is 0 Å². The van der Waals surface area contributed by atoms with E-state index in [1.54, 1.807) is 30.3 Å². The van der Waals surface area contributed by atoms with Gasteiger partial charge in [-0.3, -0.25) is 34.2 Å². The number of imide groups is 1. The molecule has 0 radical (unpaired) electrons. The lowest BCUT2D eigenvalue weighted by Gasteiger charge is -2.16. The van der Waals surface area contributed by atoms with Crippen LogP contribution in [-0.2, 0) is 9.53 Å². The number of fused-ring (bicyclic) bond motifs is 1. The van der Waals surface area contributed by atoms with Gasteiger partial charge in [-0.25, -0.2) is 0 Å². The zero-order chi connectivity index (χ0) is 20.4. The predicted molar refractivity (Wildman–Crippen MR) is 94.8 cm³/mol. The smallest absolute Gasteiger partial charge is 0.326 e. The Kier molecular flexibility index (Phi) is 4.99. The molecular formula is C19H14N2O7. The second-order valence-electron chi connectivity index (χ2n) is 6.02. The molecule has 1 aliphatic rings. The number of ether oxygens (including phenoxy) is 1. The maximum absolute atomic E-state index is 12.4. The summed E-state index contributed by atoms with van der Waals surface area (Å²) in [7, 11) is 0. The first kappa shape index (κ1) is 18.9. The number of amides is 2. The summed E-state index contributed by atoms with van der Waals surface area (Å²) in [5.74, 6) is -3.20. The summed E-state index contributed by atoms with van der Waals surface area (Å²) in [5, 5.41) is 11.1. The summed E-state index contributed by atoms with van der Waals surface area (Å²) in [6.45, 7) is 0.621. The van der Waals surface area contributed by atoms with E-state index in [-0.39, 0.29) is 11.1 Å². The molecule has 2 aromatic rings. The van der Waals surface area contributed by atoms with Crippen LogP contribution >= 0.6 is 0 Å². The molecule has 9 heteroatoms. The summed E-state index contributed by atoms with van der Waals surface area (Å²) < 4.78 is 5.03. The Hall–Kier alpha value is -3.88. The van der Waals surface area contributed by atoms with E-state index in [1.165, 1.54) is 19.1 Å². The summed E-state index contributed by atoms with van der Waals surface area (Å²) in [6, 6.07) is 11.8. The molecule has 9 nitrogen and oxygen atoms in total. The summed E-state index contributed by atoms with van der Waals surface area (Å²) in [5.41, 5.74) is -0.683. The Bertz CT molecular complexity index is 1000. The second-order valence-corrected chi connectivity index (χ2v) is 6.02. The molecule has 1 unspecified atom stereocenters. The Labute approximate surface area is 158 Å². The highest BCUT2D eigenvalue weighted by molar-refractivity contribution is 6.24. The monoisotopic (exact) mass is 382 g/mol. The molecule has 0 saturated heterocycles. The molecule has 2 aromatic carbocycles. The highest BCUT2D eigenvalue weighted by atomic mass is 16.6. The van der Waals surface area contributed by atoms with Crippen molar-refractivity contribution in [3.8, 4) is 0 Å². The maximum Gasteiger partial charge on any atom is 0.326 e. The van der Waals surface area contributed by atoms with Gasteiger partial charge in [-0.1, -0.05) is 36.4 Å². The minimum atomic E-state index is -1.13. The highest BCUT2D eigenvalue weighted by Gasteiger charge is 2.42. The lowest BCUT2D eigenvalue weighted by molar-refractivity contribution is -0.385. The van der Waals surface area contributed by atoms with Crippen LogP contribution in [0.1, 0.15) is 38.0 Å². The van der Waals surface area contributed by atoms with E-state index >= 15 is 0 Å². The van der Waals surface area contributed by atoms with Crippen molar-refractivity contribution in [2.24, 2.45) is 0 Å². The average molecular weight is 382 g/mol. The standard InChI is InChI=1S/C19H14N2O7/c1-11(17(23)12-6-3-2-4-7-12)28-15(22)10-20-18(24)13-8-5-9-14(21(26)27)16(13)19(20)25/h2-9,11H,10H2,1H3. The summed E-state index contributed by atoms with van der Waals surface area (Å²) in [4.78, 5) is 60.1. The third-order valence-corrected chi connectivity index (χ3v) is 4.20. The molecule has 1 aliphatic heterocycles. The molecule has 0 aliphatic carbocycles. The van der Waals surface area contributed by atoms with E-state index in [0.717, 1.165) is 6.07 Å². The molecule has 0 bridgehead atoms. The van der Waals surface area contributed by atoms with Gasteiger partial charge in [0.15, 0.2) is 6.10 Å². The van der Waals surface area contributed by atoms with Crippen molar-refractivity contribution >= 4 is 29.3 Å². The van der Waals surface area contributed by atoms with Gasteiger partial charge in [-0.15, -0.1) is 0 Å². The minimum absolute atomic E-state index is 0.152. The van der Waals surface area contributed by atoms with Crippen LogP contribution < -0.4 is 0 Å². The van der Waals surface area contributed by atoms with Crippen molar-refractivity contribution in [3.05, 3.63) is 75.3 Å². The number of nitro benzene ring substituents is 1. The normalized spacial score (nSPS) is 13.8. The zero-order valence-corrected chi connectivity index (χ0v) is 14.7. The Balaban J connectivity index is 1.72. The number of hydrogen-bond donors (Lipinski definition) is 0. The Morgan fingerprint density at radius 2 is 1.75 bits per heavy atom. The van der Waals surface area contributed by atoms with Crippen molar-refractivity contribution < 1.29 is 28.8 Å². The van der Waals surface area contributed by atoms with Crippen LogP contribution in [0, 0.1) is 10.1 Å². The number of nitrogens with zero attached hydrogens (tertiary/aromatic N) is 2. The first-order valence-electron chi connectivity index (χ1n) is 8.23. The molecule has 3 rings (SSSR count). The van der Waals surface area contributed by atoms with Crippen LogP contribution in [0.2, 0.25) is 0 Å². The van der Waals surface area contributed by atoms with Crippen LogP contribution in [0.4, 0.5) is 5.69 Å². The van der Waals surface area contributed by atoms with Crippen LogP contribution in [-0.4, -0.2) is 46.0 Å². The van der Waals surface area contributed by atoms with E-state index in [9.17, 15) is 29.3 Å². The molecule has 1 heterocycles. The quantitative estimate of drug-likeness (QED) is 0.246. The van der Waals surface area contributed by atoms with Gasteiger partial charge in [0, 0.05) is 11.6 Å². The first-order chi connectivity index (χ1) is 13.3. The number of rotatable bonds is 6. The lowest BCUT2D eigenvalue weighted by atomic mass is 10.1. The number of nitro groups is 1. The third-order valence-electron chi connectivity index (χ3n) is 4.20. The van der Waals surface area contributed by atoms with Gasteiger partial charge in [0.1, 0.15) is 12.1 Å². The number of carbonyl (C=O) groups excluding carboxylic acids is 4. The molecular weight excluding hydrogens is 368 g/mol. The number of carbonyl (C=O) groups is 4. The number of esters is 1. The van der Waals surface area contributed by atoms with E-state index in [4.69, 9.17) is 4.74 Å². The molecule has 1 atom stereocenters. The van der Waals surface area contributed by atoms with Gasteiger partial charge < -0.3 is 4.74 Å². The Morgan fingerprint density at radius 3 is 2.39 bits per heavy atom. The number of Topliss-reactive ketones (excluding diaryl/α,β-unsaturated/α-hetero) is 1. The van der Waals surface area contributed by atoms with Crippen LogP contribution in [0.15, 0.2) is 48.5 Å². The van der Waals surface area contributed by atoms with E-state index < -0.39 is 46.8 Å². The van der Waals surface area contributed by atoms with Gasteiger partial charge in [0.25, 0.3) is 17.5 Å². The molecule has 0 fully saturated rings. The molecule has 0 saturated carbocycles. The molecule has 0 spiro atoms. The fraction of sp³-hybridized carbons (Fsp3) is 0.158. The Morgan fingerprint density at radius 1 is 1.07 bits per heavy atom. The van der Waals surface area contributed by atoms with Gasteiger partial charge in [-0.2, -0.15) is 0 Å². The largest absolute Gasteiger partial charge is 0.453 e. The van der Waals surface area contributed by atoms with E-state index in [2.05, 4.69) is 0 Å². The molecule has 0 N–H and O–H groups in total. The molecule has 142 valence electrons. The molecule has 2 amide bonds. The van der Waals surface area contributed by atoms with Crippen molar-refractivity contribution in [2.45, 2.75) is 13.0 Å². The van der Waals surface area contributed by atoms with Crippen molar-refractivity contribution in [2.75, 3.05) is 6.54 Å². The minimum Gasteiger partial charge on any atom is -0.453 e. The highest BCUT2D eigenvalue weighted by Crippen LogP contribution is 2.30. The van der Waals surface area contributed by atoms with Crippen molar-refractivity contribution in [1.82, 2.24) is 4.90 Å². The summed E-state index contributed by atoms with van der Waals surface area (Å²) >= 11 is 0. The first-order valence-corrected chi connectivity index (χ1v) is 8.23. The number of ketones is 1. The topological polar surface area (TPSA) is 124 Å². The predicted octanol–water partition coefficient (Wildman–Crippen LogP) is 2.01. The van der Waals surface area contributed by atoms with Gasteiger partial charge in [0.05, 0.1) is 10.5 Å². The molecule has 28 heavy (non-hydrogen) atoms. The fourth-order valence-electron chi connectivity index (χ4n) is 2.87. The zero-order valence-electron chi connectivity index (χ0n) is 14.7. The van der Waals surface area contributed by atoms with Gasteiger partial charge in [0.2, 0.25) is 5.78 Å². The lowest BCUT2D eigenvalue weighted by Crippen LogP contribution is -2.37. The van der Waals surface area contributed by atoms with Crippen LogP contribution in [0.5, 0.6) is 0 Å². The van der Waals surface area contributed by atoms with E-state index in [0.29, 0.717) is 10.5 Å². The maximum atomic E-state index is 12.4. The second kappa shape index (κ2) is 7.39. The van der Waals surface area contributed by atoms with Crippen molar-refractivity contribution in [1.29, 1.82) is 0 Å². The van der Waals surface area contributed by atoms with Gasteiger partial charge in [-0.05, 0) is 13.0 Å². The fourth-order valence-corrected chi connectivity index (χ4v) is 2.87. The van der Waals surface area contributed by atoms with Gasteiger partial charge >= 0.3 is 5.97 Å². The number of benzene rings is 2. The van der Waals surface area contributed by atoms with E-state index in [1.807, 2.05) is 0 Å². The average Bonchev–Trinajstić information content (AvgIpc) is 2.92. The number of hydrogen-bond acceptors (Lipinski definition) is 7. The molecule has 0 aromatic heterocycles. The van der Waals surface area contributed by atoms with Crippen LogP contribution in [0.3, 0.4) is 0 Å². The third kappa shape index (κ3) is 3.37. The van der Waals surface area contributed by atoms with Crippen molar-refractivity contribution in [3.63, 3.8) is 0 Å². The SMILES string of the molecule is CC(OC(=O)CN1C(=O)c2cccc([N+](=O)[O-])c2C1=O)C(=O)c1ccccc1. The summed E-state index contributed by atoms with van der Waals surface area (Å²) in [6.07, 6.45) is -1.13.